The summed E-state index contributed by atoms with van der Waals surface area (Å²) in [6.07, 6.45) is 4.50. The Morgan fingerprint density at radius 2 is 1.71 bits per heavy atom. The first-order valence-corrected chi connectivity index (χ1v) is 17.5. The number of nitrogens with one attached hydrogen (secondary N) is 1. The van der Waals surface area contributed by atoms with E-state index in [0.29, 0.717) is 50.0 Å². The van der Waals surface area contributed by atoms with Crippen LogP contribution in [0.5, 0.6) is 11.5 Å². The van der Waals surface area contributed by atoms with Gasteiger partial charge in [-0.05, 0) is 77.7 Å². The lowest BCUT2D eigenvalue weighted by Gasteiger charge is -2.44. The average molecular weight is 711 g/mol. The normalized spacial score (nSPS) is 19.7. The first-order chi connectivity index (χ1) is 23.3. The van der Waals surface area contributed by atoms with E-state index in [-0.39, 0.29) is 18.5 Å². The number of ether oxygens (including phenoxy) is 4. The van der Waals surface area contributed by atoms with E-state index >= 15 is 0 Å². The molecule has 3 saturated heterocycles. The van der Waals surface area contributed by atoms with Crippen LogP contribution in [0.15, 0.2) is 72.4 Å². The van der Waals surface area contributed by atoms with Gasteiger partial charge in [-0.25, -0.2) is 9.59 Å². The third-order valence-corrected chi connectivity index (χ3v) is 10.6. The van der Waals surface area contributed by atoms with Gasteiger partial charge in [-0.15, -0.1) is 11.3 Å². The maximum Gasteiger partial charge on any atom is 0.348 e. The van der Waals surface area contributed by atoms with Gasteiger partial charge in [0, 0.05) is 31.9 Å². The first-order valence-electron chi connectivity index (χ1n) is 15.8. The van der Waals surface area contributed by atoms with Crippen molar-refractivity contribution in [2.75, 3.05) is 33.9 Å². The number of hydrogen-bond acceptors (Lipinski definition) is 10. The van der Waals surface area contributed by atoms with Crippen molar-refractivity contribution in [3.05, 3.63) is 110 Å². The number of carbonyl (C=O) groups is 2. The van der Waals surface area contributed by atoms with Crippen molar-refractivity contribution in [3.8, 4) is 11.5 Å². The van der Waals surface area contributed by atoms with Crippen molar-refractivity contribution in [1.29, 1.82) is 0 Å². The molecule has 2 aromatic heterocycles. The van der Waals surface area contributed by atoms with Gasteiger partial charge in [0.1, 0.15) is 23.1 Å². The SMILES string of the molecule is COc1ccc([C@H](Cc2c(Cl)cncc2Cl)OC(=O)c2cc(CNC(C(=O)O[C@H]3CN4CCC3CC4)c3ccccc3)cs2)cc1OC. The van der Waals surface area contributed by atoms with Crippen LogP contribution in [0.4, 0.5) is 0 Å². The highest BCUT2D eigenvalue weighted by molar-refractivity contribution is 7.12. The highest BCUT2D eigenvalue weighted by atomic mass is 35.5. The number of pyridine rings is 1. The number of rotatable bonds is 13. The van der Waals surface area contributed by atoms with Crippen LogP contribution in [0.3, 0.4) is 0 Å². The lowest BCUT2D eigenvalue weighted by molar-refractivity contribution is -0.161. The lowest BCUT2D eigenvalue weighted by atomic mass is 9.86. The van der Waals surface area contributed by atoms with Crippen LogP contribution in [-0.2, 0) is 27.2 Å². The van der Waals surface area contributed by atoms with Gasteiger partial charge in [0.25, 0.3) is 0 Å². The maximum absolute atomic E-state index is 13.6. The highest BCUT2D eigenvalue weighted by Crippen LogP contribution is 2.36. The summed E-state index contributed by atoms with van der Waals surface area (Å²) in [6, 6.07) is 16.0. The average Bonchev–Trinajstić information content (AvgIpc) is 3.59. The molecule has 3 aliphatic rings. The van der Waals surface area contributed by atoms with E-state index < -0.39 is 18.1 Å². The predicted octanol–water partition coefficient (Wildman–Crippen LogP) is 7.08. The summed E-state index contributed by atoms with van der Waals surface area (Å²) in [7, 11) is 3.10. The van der Waals surface area contributed by atoms with Crippen LogP contribution in [0.1, 0.15) is 56.9 Å². The van der Waals surface area contributed by atoms with Crippen molar-refractivity contribution < 1.29 is 28.5 Å². The van der Waals surface area contributed by atoms with Crippen LogP contribution < -0.4 is 14.8 Å². The molecule has 12 heteroatoms. The highest BCUT2D eigenvalue weighted by Gasteiger charge is 2.38. The largest absolute Gasteiger partial charge is 0.493 e. The maximum atomic E-state index is 13.6. The van der Waals surface area contributed by atoms with Crippen molar-refractivity contribution >= 4 is 46.5 Å². The molecule has 5 heterocycles. The summed E-state index contributed by atoms with van der Waals surface area (Å²) in [5.41, 5.74) is 2.95. The summed E-state index contributed by atoms with van der Waals surface area (Å²) >= 11 is 14.2. The fourth-order valence-electron chi connectivity index (χ4n) is 6.33. The van der Waals surface area contributed by atoms with Crippen molar-refractivity contribution in [2.45, 2.75) is 44.1 Å². The van der Waals surface area contributed by atoms with Gasteiger partial charge in [-0.3, -0.25) is 15.2 Å². The fourth-order valence-corrected chi connectivity index (χ4v) is 7.64. The number of fused-ring (bicyclic) bond motifs is 3. The summed E-state index contributed by atoms with van der Waals surface area (Å²) in [6.45, 7) is 3.28. The molecule has 4 aromatic rings. The van der Waals surface area contributed by atoms with E-state index in [1.165, 1.54) is 23.7 Å². The van der Waals surface area contributed by atoms with Crippen LogP contribution in [-0.4, -0.2) is 61.8 Å². The zero-order chi connectivity index (χ0) is 33.6. The van der Waals surface area contributed by atoms with E-state index in [4.69, 9.17) is 42.1 Å². The van der Waals surface area contributed by atoms with Gasteiger partial charge in [0.15, 0.2) is 11.5 Å². The van der Waals surface area contributed by atoms with E-state index in [2.05, 4.69) is 15.2 Å². The molecule has 0 aliphatic carbocycles. The Kier molecular flexibility index (Phi) is 11.2. The van der Waals surface area contributed by atoms with Crippen LogP contribution in [0.2, 0.25) is 10.0 Å². The van der Waals surface area contributed by atoms with Crippen LogP contribution in [0.25, 0.3) is 0 Å². The number of methoxy groups -OCH3 is 2. The molecule has 3 aliphatic heterocycles. The number of benzene rings is 2. The molecule has 2 aromatic carbocycles. The summed E-state index contributed by atoms with van der Waals surface area (Å²) < 4.78 is 23.1. The topological polar surface area (TPSA) is 99.2 Å². The van der Waals surface area contributed by atoms with E-state index in [1.807, 2.05) is 41.8 Å². The Bertz CT molecular complexity index is 1710. The van der Waals surface area contributed by atoms with Gasteiger partial charge in [-0.1, -0.05) is 59.6 Å². The third-order valence-electron chi connectivity index (χ3n) is 8.97. The molecule has 1 unspecified atom stereocenters. The summed E-state index contributed by atoms with van der Waals surface area (Å²) in [5.74, 6) is 0.652. The molecule has 9 nitrogen and oxygen atoms in total. The van der Waals surface area contributed by atoms with Gasteiger partial charge in [-0.2, -0.15) is 0 Å². The van der Waals surface area contributed by atoms with Crippen molar-refractivity contribution in [1.82, 2.24) is 15.2 Å². The molecule has 252 valence electrons. The predicted molar refractivity (Wildman–Crippen MR) is 185 cm³/mol. The number of thiophene rings is 1. The lowest BCUT2D eigenvalue weighted by Crippen LogP contribution is -2.52. The minimum absolute atomic E-state index is 0.0916. The second-order valence-corrected chi connectivity index (χ2v) is 13.7. The Hall–Kier alpha value is -3.67. The smallest absolute Gasteiger partial charge is 0.348 e. The van der Waals surface area contributed by atoms with Gasteiger partial charge >= 0.3 is 11.9 Å². The number of carbonyl (C=O) groups excluding carboxylic acids is 2. The van der Waals surface area contributed by atoms with E-state index in [1.54, 1.807) is 32.4 Å². The molecule has 0 saturated carbocycles. The molecule has 48 heavy (non-hydrogen) atoms. The molecule has 1 N–H and O–H groups in total. The zero-order valence-corrected chi connectivity index (χ0v) is 29.0. The Morgan fingerprint density at radius 3 is 2.38 bits per heavy atom. The van der Waals surface area contributed by atoms with Crippen molar-refractivity contribution in [3.63, 3.8) is 0 Å². The number of nitrogens with zero attached hydrogens (tertiary/aromatic N) is 2. The molecule has 0 amide bonds. The van der Waals surface area contributed by atoms with Crippen LogP contribution >= 0.6 is 34.5 Å². The number of hydrogen-bond donors (Lipinski definition) is 1. The quantitative estimate of drug-likeness (QED) is 0.146. The summed E-state index contributed by atoms with van der Waals surface area (Å²) in [4.78, 5) is 34.0. The Balaban J connectivity index is 1.17. The minimum atomic E-state index is -0.748. The standard InChI is InChI=1S/C36H37Cl2N3O6S/c1-44-29-9-8-25(15-31(29)45-2)30(16-26-27(37)18-39-19-28(26)38)46-35(42)33-14-22(21-48-33)17-40-34(24-6-4-3-5-7-24)36(43)47-32-20-41-12-10-23(32)11-13-41/h3-9,14-15,18-19,21,23,30,32,34,40H,10-13,16-17,20H2,1-2H3/t30-,32-,34?/m0/s1. The fraction of sp³-hybridized carbons (Fsp3) is 0.361. The minimum Gasteiger partial charge on any atom is -0.493 e. The second-order valence-electron chi connectivity index (χ2n) is 12.0. The summed E-state index contributed by atoms with van der Waals surface area (Å²) in [5, 5.41) is 6.00. The third kappa shape index (κ3) is 7.96. The number of halogens is 2. The molecule has 3 atom stereocenters. The molecule has 3 fully saturated rings. The first kappa shape index (κ1) is 34.2. The monoisotopic (exact) mass is 709 g/mol. The number of aromatic nitrogens is 1. The molecular weight excluding hydrogens is 673 g/mol. The van der Waals surface area contributed by atoms with E-state index in [9.17, 15) is 9.59 Å². The van der Waals surface area contributed by atoms with E-state index in [0.717, 1.165) is 43.6 Å². The molecule has 0 radical (unpaired) electrons. The molecule has 7 rings (SSSR count). The van der Waals surface area contributed by atoms with Gasteiger partial charge < -0.3 is 18.9 Å². The molecule has 2 bridgehead atoms. The van der Waals surface area contributed by atoms with Crippen molar-refractivity contribution in [2.24, 2.45) is 5.92 Å². The molecular formula is C36H37Cl2N3O6S. The van der Waals surface area contributed by atoms with Gasteiger partial charge in [0.05, 0.1) is 24.3 Å². The van der Waals surface area contributed by atoms with Gasteiger partial charge in [0.2, 0.25) is 0 Å². The zero-order valence-electron chi connectivity index (χ0n) is 26.7. The Morgan fingerprint density at radius 1 is 0.979 bits per heavy atom. The number of piperidine rings is 3. The number of esters is 2. The Labute approximate surface area is 294 Å². The molecule has 0 spiro atoms. The second kappa shape index (κ2) is 15.7. The van der Waals surface area contributed by atoms with Crippen LogP contribution in [0, 0.1) is 5.92 Å².